The van der Waals surface area contributed by atoms with Crippen LogP contribution in [0.1, 0.15) is 71.1 Å². The highest BCUT2D eigenvalue weighted by Gasteiger charge is 2.14. The summed E-state index contributed by atoms with van der Waals surface area (Å²) in [6.07, 6.45) is 13.2. The maximum atomic E-state index is 6.12. The summed E-state index contributed by atoms with van der Waals surface area (Å²) < 4.78 is 5.72. The van der Waals surface area contributed by atoms with Gasteiger partial charge in [0.25, 0.3) is 0 Å². The van der Waals surface area contributed by atoms with Crippen LogP contribution in [0.25, 0.3) is 0 Å². The molecule has 0 bridgehead atoms. The van der Waals surface area contributed by atoms with Crippen molar-refractivity contribution >= 4 is 0 Å². The highest BCUT2D eigenvalue weighted by atomic mass is 16.5. The van der Waals surface area contributed by atoms with E-state index in [1.165, 1.54) is 57.8 Å². The Kier molecular flexibility index (Phi) is 7.87. The van der Waals surface area contributed by atoms with Gasteiger partial charge in [0.2, 0.25) is 0 Å². The summed E-state index contributed by atoms with van der Waals surface area (Å²) >= 11 is 0. The van der Waals surface area contributed by atoms with Crippen LogP contribution in [0, 0.1) is 0 Å². The second kappa shape index (κ2) is 9.00. The number of ether oxygens (including phenoxy) is 1. The summed E-state index contributed by atoms with van der Waals surface area (Å²) in [5.74, 6) is 0. The first-order valence-corrected chi connectivity index (χ1v) is 7.20. The molecule has 0 aromatic heterocycles. The van der Waals surface area contributed by atoms with E-state index < -0.39 is 0 Å². The van der Waals surface area contributed by atoms with Gasteiger partial charge in [-0.1, -0.05) is 32.6 Å². The van der Waals surface area contributed by atoms with Gasteiger partial charge < -0.3 is 10.5 Å². The Morgan fingerprint density at radius 1 is 1.19 bits per heavy atom. The van der Waals surface area contributed by atoms with E-state index in [0.29, 0.717) is 12.1 Å². The zero-order valence-corrected chi connectivity index (χ0v) is 10.9. The molecule has 0 aromatic carbocycles. The van der Waals surface area contributed by atoms with Crippen molar-refractivity contribution in [1.29, 1.82) is 0 Å². The van der Waals surface area contributed by atoms with E-state index in [2.05, 4.69) is 6.92 Å². The smallest absolute Gasteiger partial charge is 0.0575 e. The molecule has 1 heterocycles. The molecule has 1 saturated heterocycles. The van der Waals surface area contributed by atoms with Crippen LogP contribution < -0.4 is 5.73 Å². The van der Waals surface area contributed by atoms with Crippen LogP contribution in [-0.4, -0.2) is 18.8 Å². The first kappa shape index (κ1) is 14.0. The number of hydrogen-bond donors (Lipinski definition) is 1. The summed E-state index contributed by atoms with van der Waals surface area (Å²) in [6, 6.07) is 0.405. The molecule has 1 aliphatic rings. The van der Waals surface area contributed by atoms with Crippen molar-refractivity contribution in [3.05, 3.63) is 0 Å². The van der Waals surface area contributed by atoms with Gasteiger partial charge >= 0.3 is 0 Å². The molecule has 2 unspecified atom stereocenters. The molecular formula is C14H29NO. The number of unbranched alkanes of at least 4 members (excludes halogenated alkanes) is 3. The minimum Gasteiger partial charge on any atom is -0.378 e. The third-order valence-electron chi connectivity index (χ3n) is 3.56. The average molecular weight is 227 g/mol. The van der Waals surface area contributed by atoms with E-state index in [1.54, 1.807) is 0 Å². The largest absolute Gasteiger partial charge is 0.378 e. The Balaban J connectivity index is 1.94. The Morgan fingerprint density at radius 2 is 2.06 bits per heavy atom. The van der Waals surface area contributed by atoms with Crippen LogP contribution in [0.4, 0.5) is 0 Å². The lowest BCUT2D eigenvalue weighted by Gasteiger charge is -2.23. The van der Waals surface area contributed by atoms with Gasteiger partial charge in [0.15, 0.2) is 0 Å². The Hall–Kier alpha value is -0.0800. The SMILES string of the molecule is CCCCCCC(N)CCC1CCCCO1. The summed E-state index contributed by atoms with van der Waals surface area (Å²) in [4.78, 5) is 0. The highest BCUT2D eigenvalue weighted by molar-refractivity contribution is 4.68. The van der Waals surface area contributed by atoms with Gasteiger partial charge in [-0.25, -0.2) is 0 Å². The Bertz CT molecular complexity index is 155. The fraction of sp³-hybridized carbons (Fsp3) is 1.00. The standard InChI is InChI=1S/C14H29NO/c1-2-3-4-5-8-13(15)10-11-14-9-6-7-12-16-14/h13-14H,2-12,15H2,1H3. The van der Waals surface area contributed by atoms with Crippen LogP contribution in [0.5, 0.6) is 0 Å². The van der Waals surface area contributed by atoms with Crippen LogP contribution in [0.15, 0.2) is 0 Å². The molecule has 0 amide bonds. The molecule has 16 heavy (non-hydrogen) atoms. The van der Waals surface area contributed by atoms with Crippen LogP contribution in [0.3, 0.4) is 0 Å². The molecule has 0 radical (unpaired) electrons. The van der Waals surface area contributed by atoms with Crippen LogP contribution in [-0.2, 0) is 4.74 Å². The fourth-order valence-corrected chi connectivity index (χ4v) is 2.41. The predicted molar refractivity (Wildman–Crippen MR) is 69.6 cm³/mol. The first-order valence-electron chi connectivity index (χ1n) is 7.20. The summed E-state index contributed by atoms with van der Waals surface area (Å²) in [5, 5.41) is 0. The van der Waals surface area contributed by atoms with Gasteiger partial charge in [0.05, 0.1) is 6.10 Å². The second-order valence-electron chi connectivity index (χ2n) is 5.18. The molecular weight excluding hydrogens is 198 g/mol. The van der Waals surface area contributed by atoms with E-state index in [9.17, 15) is 0 Å². The van der Waals surface area contributed by atoms with E-state index >= 15 is 0 Å². The maximum Gasteiger partial charge on any atom is 0.0575 e. The highest BCUT2D eigenvalue weighted by Crippen LogP contribution is 2.18. The molecule has 96 valence electrons. The van der Waals surface area contributed by atoms with Crippen molar-refractivity contribution in [2.24, 2.45) is 5.73 Å². The third-order valence-corrected chi connectivity index (χ3v) is 3.56. The molecule has 2 atom stereocenters. The first-order chi connectivity index (χ1) is 7.83. The lowest BCUT2D eigenvalue weighted by molar-refractivity contribution is 0.00901. The van der Waals surface area contributed by atoms with Gasteiger partial charge in [-0.2, -0.15) is 0 Å². The molecule has 1 aliphatic heterocycles. The lowest BCUT2D eigenvalue weighted by Crippen LogP contribution is -2.25. The molecule has 2 nitrogen and oxygen atoms in total. The summed E-state index contributed by atoms with van der Waals surface area (Å²) in [5.41, 5.74) is 6.12. The molecule has 0 saturated carbocycles. The molecule has 1 rings (SSSR count). The Morgan fingerprint density at radius 3 is 2.75 bits per heavy atom. The van der Waals surface area contributed by atoms with E-state index in [4.69, 9.17) is 10.5 Å². The lowest BCUT2D eigenvalue weighted by atomic mass is 9.99. The van der Waals surface area contributed by atoms with Gasteiger partial charge in [0, 0.05) is 12.6 Å². The van der Waals surface area contributed by atoms with Crippen molar-refractivity contribution in [3.63, 3.8) is 0 Å². The number of nitrogens with two attached hydrogens (primary N) is 1. The van der Waals surface area contributed by atoms with Crippen LogP contribution in [0.2, 0.25) is 0 Å². The second-order valence-corrected chi connectivity index (χ2v) is 5.18. The molecule has 2 N–H and O–H groups in total. The topological polar surface area (TPSA) is 35.2 Å². The monoisotopic (exact) mass is 227 g/mol. The minimum atomic E-state index is 0.405. The van der Waals surface area contributed by atoms with E-state index in [-0.39, 0.29) is 0 Å². The van der Waals surface area contributed by atoms with Gasteiger partial charge in [0.1, 0.15) is 0 Å². The van der Waals surface area contributed by atoms with Gasteiger partial charge in [-0.15, -0.1) is 0 Å². The maximum absolute atomic E-state index is 6.12. The van der Waals surface area contributed by atoms with E-state index in [0.717, 1.165) is 13.0 Å². The molecule has 2 heteroatoms. The average Bonchev–Trinajstić information content (AvgIpc) is 2.33. The van der Waals surface area contributed by atoms with E-state index in [1.807, 2.05) is 0 Å². The minimum absolute atomic E-state index is 0.405. The van der Waals surface area contributed by atoms with Crippen molar-refractivity contribution in [2.75, 3.05) is 6.61 Å². The van der Waals surface area contributed by atoms with Gasteiger partial charge in [-0.3, -0.25) is 0 Å². The zero-order valence-electron chi connectivity index (χ0n) is 10.9. The molecule has 0 aliphatic carbocycles. The summed E-state index contributed by atoms with van der Waals surface area (Å²) in [6.45, 7) is 3.22. The third kappa shape index (κ3) is 6.49. The quantitative estimate of drug-likeness (QED) is 0.643. The molecule has 0 aromatic rings. The van der Waals surface area contributed by atoms with Crippen molar-refractivity contribution < 1.29 is 4.74 Å². The summed E-state index contributed by atoms with van der Waals surface area (Å²) in [7, 11) is 0. The van der Waals surface area contributed by atoms with Crippen molar-refractivity contribution in [3.8, 4) is 0 Å². The molecule has 1 fully saturated rings. The normalized spacial score (nSPS) is 23.2. The van der Waals surface area contributed by atoms with Crippen molar-refractivity contribution in [1.82, 2.24) is 0 Å². The fourth-order valence-electron chi connectivity index (χ4n) is 2.41. The predicted octanol–water partition coefficient (Wildman–Crippen LogP) is 3.63. The van der Waals surface area contributed by atoms with Gasteiger partial charge in [-0.05, 0) is 38.5 Å². The number of rotatable bonds is 8. The van der Waals surface area contributed by atoms with Crippen LogP contribution >= 0.6 is 0 Å². The number of hydrogen-bond acceptors (Lipinski definition) is 2. The Labute approximate surface area is 101 Å². The van der Waals surface area contributed by atoms with Crippen molar-refractivity contribution in [2.45, 2.75) is 83.3 Å². The molecule has 0 spiro atoms. The zero-order chi connectivity index (χ0) is 11.6.